The second kappa shape index (κ2) is 4.92. The van der Waals surface area contributed by atoms with E-state index in [1.54, 1.807) is 13.8 Å². The number of hydrogen-bond donors (Lipinski definition) is 3. The lowest BCUT2D eigenvalue weighted by atomic mass is 10.2. The fourth-order valence-corrected chi connectivity index (χ4v) is 1.53. The summed E-state index contributed by atoms with van der Waals surface area (Å²) in [6.07, 6.45) is 2.69. The summed E-state index contributed by atoms with van der Waals surface area (Å²) in [5, 5.41) is 11.4. The molecule has 100 valence electrons. The lowest BCUT2D eigenvalue weighted by molar-refractivity contribution is 0.0684. The lowest BCUT2D eigenvalue weighted by Crippen LogP contribution is -2.28. The van der Waals surface area contributed by atoms with Gasteiger partial charge in [0.05, 0.1) is 12.5 Å². The van der Waals surface area contributed by atoms with Crippen molar-refractivity contribution in [2.45, 2.75) is 19.9 Å². The molecule has 0 aliphatic rings. The summed E-state index contributed by atoms with van der Waals surface area (Å²) in [6, 6.07) is -0.487. The maximum absolute atomic E-state index is 11.9. The number of carbonyl (C=O) groups is 2. The molecule has 0 fully saturated rings. The average Bonchev–Trinajstić information content (AvgIpc) is 2.96. The van der Waals surface area contributed by atoms with E-state index in [-0.39, 0.29) is 11.4 Å². The summed E-state index contributed by atoms with van der Waals surface area (Å²) in [7, 11) is 0. The van der Waals surface area contributed by atoms with E-state index in [1.165, 1.54) is 6.20 Å². The smallest absolute Gasteiger partial charge is 0.354 e. The van der Waals surface area contributed by atoms with Crippen LogP contribution in [0, 0.1) is 6.92 Å². The van der Waals surface area contributed by atoms with E-state index >= 15 is 0 Å². The Kier molecular flexibility index (Phi) is 3.32. The summed E-state index contributed by atoms with van der Waals surface area (Å²) in [6.45, 7) is 3.41. The number of aromatic nitrogens is 3. The molecule has 2 aromatic heterocycles. The highest BCUT2D eigenvalue weighted by Gasteiger charge is 2.22. The number of imidazole rings is 1. The van der Waals surface area contributed by atoms with Gasteiger partial charge in [0.2, 0.25) is 5.89 Å². The molecule has 0 saturated heterocycles. The largest absolute Gasteiger partial charge is 0.477 e. The van der Waals surface area contributed by atoms with Gasteiger partial charge >= 0.3 is 5.97 Å². The molecule has 0 radical (unpaired) electrons. The number of amides is 1. The Morgan fingerprint density at radius 3 is 2.79 bits per heavy atom. The third kappa shape index (κ3) is 2.62. The first-order chi connectivity index (χ1) is 8.99. The minimum absolute atomic E-state index is 0.178. The maximum atomic E-state index is 11.9. The van der Waals surface area contributed by atoms with Crippen molar-refractivity contribution in [2.75, 3.05) is 0 Å². The number of nitrogens with zero attached hydrogens (tertiary/aromatic N) is 2. The Hall–Kier alpha value is -2.64. The Morgan fingerprint density at radius 2 is 2.21 bits per heavy atom. The van der Waals surface area contributed by atoms with Gasteiger partial charge in [0.1, 0.15) is 11.8 Å². The molecule has 2 rings (SSSR count). The molecule has 1 atom stereocenters. The van der Waals surface area contributed by atoms with Crippen LogP contribution in [-0.2, 0) is 0 Å². The van der Waals surface area contributed by atoms with Crippen LogP contribution in [0.15, 0.2) is 16.9 Å². The first kappa shape index (κ1) is 12.8. The van der Waals surface area contributed by atoms with E-state index in [4.69, 9.17) is 9.52 Å². The van der Waals surface area contributed by atoms with E-state index in [2.05, 4.69) is 20.3 Å². The van der Waals surface area contributed by atoms with Gasteiger partial charge in [0.15, 0.2) is 11.4 Å². The zero-order valence-corrected chi connectivity index (χ0v) is 10.3. The predicted octanol–water partition coefficient (Wildman–Crippen LogP) is 0.895. The van der Waals surface area contributed by atoms with Gasteiger partial charge in [-0.15, -0.1) is 0 Å². The topological polar surface area (TPSA) is 121 Å². The van der Waals surface area contributed by atoms with Gasteiger partial charge in [-0.25, -0.2) is 14.8 Å². The van der Waals surface area contributed by atoms with Crippen molar-refractivity contribution in [3.05, 3.63) is 35.6 Å². The van der Waals surface area contributed by atoms with Crippen molar-refractivity contribution in [2.24, 2.45) is 0 Å². The van der Waals surface area contributed by atoms with Crippen LogP contribution in [0.1, 0.15) is 45.6 Å². The average molecular weight is 264 g/mol. The Labute approximate surface area is 107 Å². The van der Waals surface area contributed by atoms with Gasteiger partial charge < -0.3 is 19.8 Å². The molecule has 0 bridgehead atoms. The molecule has 0 aliphatic heterocycles. The van der Waals surface area contributed by atoms with Crippen molar-refractivity contribution in [1.29, 1.82) is 0 Å². The van der Waals surface area contributed by atoms with Crippen LogP contribution in [0.25, 0.3) is 0 Å². The SMILES string of the molecule is Cc1cnc(C(C)NC(=O)c2nc[nH]c2C(=O)O)o1. The van der Waals surface area contributed by atoms with Gasteiger partial charge in [-0.2, -0.15) is 0 Å². The summed E-state index contributed by atoms with van der Waals surface area (Å²) in [5.41, 5.74) is -0.434. The van der Waals surface area contributed by atoms with Crippen LogP contribution in [0.5, 0.6) is 0 Å². The number of nitrogens with one attached hydrogen (secondary N) is 2. The van der Waals surface area contributed by atoms with E-state index in [0.29, 0.717) is 11.7 Å². The fourth-order valence-electron chi connectivity index (χ4n) is 1.53. The molecule has 0 aliphatic carbocycles. The number of H-pyrrole nitrogens is 1. The van der Waals surface area contributed by atoms with Gasteiger partial charge in [0.25, 0.3) is 5.91 Å². The molecule has 3 N–H and O–H groups in total. The first-order valence-corrected chi connectivity index (χ1v) is 5.49. The number of carboxylic acids is 1. The molecule has 8 heteroatoms. The number of aromatic amines is 1. The predicted molar refractivity (Wildman–Crippen MR) is 62.7 cm³/mol. The van der Waals surface area contributed by atoms with Crippen molar-refractivity contribution in [3.63, 3.8) is 0 Å². The summed E-state index contributed by atoms with van der Waals surface area (Å²) in [5.74, 6) is -0.885. The molecule has 1 unspecified atom stereocenters. The van der Waals surface area contributed by atoms with Crippen LogP contribution in [-0.4, -0.2) is 31.9 Å². The zero-order chi connectivity index (χ0) is 14.0. The number of aromatic carboxylic acids is 1. The fraction of sp³-hybridized carbons (Fsp3) is 0.273. The minimum Gasteiger partial charge on any atom is -0.477 e. The molecular weight excluding hydrogens is 252 g/mol. The molecule has 0 spiro atoms. The summed E-state index contributed by atoms with van der Waals surface area (Å²) in [4.78, 5) is 32.8. The number of carbonyl (C=O) groups excluding carboxylic acids is 1. The standard InChI is InChI=1S/C11H12N4O4/c1-5-3-12-10(19-5)6(2)15-9(16)7-8(11(17)18)14-4-13-7/h3-4,6H,1-2H3,(H,13,14)(H,15,16)(H,17,18). The lowest BCUT2D eigenvalue weighted by Gasteiger charge is -2.09. The molecule has 0 saturated carbocycles. The van der Waals surface area contributed by atoms with Crippen molar-refractivity contribution >= 4 is 11.9 Å². The molecule has 8 nitrogen and oxygen atoms in total. The van der Waals surface area contributed by atoms with Crippen molar-refractivity contribution in [3.8, 4) is 0 Å². The normalized spacial score (nSPS) is 12.1. The second-order valence-electron chi connectivity index (χ2n) is 3.94. The highest BCUT2D eigenvalue weighted by Crippen LogP contribution is 2.13. The van der Waals surface area contributed by atoms with Gasteiger partial charge in [0, 0.05) is 0 Å². The molecule has 2 aromatic rings. The van der Waals surface area contributed by atoms with Crippen LogP contribution >= 0.6 is 0 Å². The first-order valence-electron chi connectivity index (χ1n) is 5.49. The minimum atomic E-state index is -1.25. The third-order valence-corrected chi connectivity index (χ3v) is 2.43. The molecule has 1 amide bonds. The Bertz CT molecular complexity index is 616. The van der Waals surface area contributed by atoms with Gasteiger partial charge in [-0.3, -0.25) is 4.79 Å². The quantitative estimate of drug-likeness (QED) is 0.754. The van der Waals surface area contributed by atoms with E-state index in [1.807, 2.05) is 0 Å². The van der Waals surface area contributed by atoms with Crippen LogP contribution in [0.3, 0.4) is 0 Å². The molecule has 19 heavy (non-hydrogen) atoms. The van der Waals surface area contributed by atoms with Crippen LogP contribution in [0.4, 0.5) is 0 Å². The van der Waals surface area contributed by atoms with Crippen molar-refractivity contribution in [1.82, 2.24) is 20.3 Å². The molecule has 0 aromatic carbocycles. The van der Waals surface area contributed by atoms with Gasteiger partial charge in [-0.1, -0.05) is 0 Å². The maximum Gasteiger partial charge on any atom is 0.354 e. The molecular formula is C11H12N4O4. The van der Waals surface area contributed by atoms with Crippen LogP contribution in [0.2, 0.25) is 0 Å². The number of carboxylic acid groups (broad SMARTS) is 1. The van der Waals surface area contributed by atoms with E-state index < -0.39 is 17.9 Å². The zero-order valence-electron chi connectivity index (χ0n) is 10.3. The highest BCUT2D eigenvalue weighted by molar-refractivity contribution is 6.02. The summed E-state index contributed by atoms with van der Waals surface area (Å²) >= 11 is 0. The van der Waals surface area contributed by atoms with Gasteiger partial charge in [-0.05, 0) is 13.8 Å². The summed E-state index contributed by atoms with van der Waals surface area (Å²) < 4.78 is 5.27. The van der Waals surface area contributed by atoms with Crippen LogP contribution < -0.4 is 5.32 Å². The number of hydrogen-bond acceptors (Lipinski definition) is 5. The number of aryl methyl sites for hydroxylation is 1. The third-order valence-electron chi connectivity index (χ3n) is 2.43. The van der Waals surface area contributed by atoms with Crippen molar-refractivity contribution < 1.29 is 19.1 Å². The Balaban J connectivity index is 2.13. The number of rotatable bonds is 4. The Morgan fingerprint density at radius 1 is 1.47 bits per heavy atom. The number of oxazole rings is 1. The van der Waals surface area contributed by atoms with E-state index in [0.717, 1.165) is 6.33 Å². The van der Waals surface area contributed by atoms with E-state index in [9.17, 15) is 9.59 Å². The molecule has 2 heterocycles. The highest BCUT2D eigenvalue weighted by atomic mass is 16.4. The second-order valence-corrected chi connectivity index (χ2v) is 3.94. The monoisotopic (exact) mass is 264 g/mol.